The Hall–Kier alpha value is -1.42. The Kier molecular flexibility index (Phi) is 4.91. The molecule has 19 heavy (non-hydrogen) atoms. The van der Waals surface area contributed by atoms with Crippen molar-refractivity contribution in [3.05, 3.63) is 18.2 Å². The van der Waals surface area contributed by atoms with Crippen molar-refractivity contribution in [2.24, 2.45) is 0 Å². The van der Waals surface area contributed by atoms with E-state index in [1.165, 1.54) is 19.4 Å². The van der Waals surface area contributed by atoms with Crippen LogP contribution in [0.3, 0.4) is 0 Å². The first-order chi connectivity index (χ1) is 9.20. The zero-order chi connectivity index (χ0) is 13.7. The lowest BCUT2D eigenvalue weighted by atomic mass is 10.2. The van der Waals surface area contributed by atoms with Gasteiger partial charge >= 0.3 is 0 Å². The van der Waals surface area contributed by atoms with Gasteiger partial charge in [0.25, 0.3) is 0 Å². The molecule has 1 atom stereocenters. The summed E-state index contributed by atoms with van der Waals surface area (Å²) in [6.07, 6.45) is 3.71. The lowest BCUT2D eigenvalue weighted by molar-refractivity contribution is 0.230. The van der Waals surface area contributed by atoms with E-state index in [-0.39, 0.29) is 0 Å². The quantitative estimate of drug-likeness (QED) is 0.633. The summed E-state index contributed by atoms with van der Waals surface area (Å²) >= 11 is 0. The molecule has 1 fully saturated rings. The molecule has 0 spiro atoms. The van der Waals surface area contributed by atoms with Gasteiger partial charge in [0, 0.05) is 18.7 Å². The molecule has 1 aromatic rings. The van der Waals surface area contributed by atoms with Crippen molar-refractivity contribution in [1.82, 2.24) is 4.90 Å². The fourth-order valence-electron chi connectivity index (χ4n) is 2.56. The maximum atomic E-state index is 5.77. The maximum absolute atomic E-state index is 5.77. The van der Waals surface area contributed by atoms with E-state index in [1.54, 1.807) is 7.11 Å². The third-order valence-corrected chi connectivity index (χ3v) is 3.75. The predicted molar refractivity (Wildman–Crippen MR) is 77.8 cm³/mol. The summed E-state index contributed by atoms with van der Waals surface area (Å²) in [5.74, 6) is 1.49. The van der Waals surface area contributed by atoms with E-state index >= 15 is 0 Å². The predicted octanol–water partition coefficient (Wildman–Crippen LogP) is 2.53. The van der Waals surface area contributed by atoms with Crippen LogP contribution in [0.4, 0.5) is 5.69 Å². The molecule has 2 N–H and O–H groups in total. The van der Waals surface area contributed by atoms with E-state index in [0.717, 1.165) is 31.4 Å². The largest absolute Gasteiger partial charge is 0.494 e. The molecule has 0 unspecified atom stereocenters. The Morgan fingerprint density at radius 2 is 2.26 bits per heavy atom. The standard InChI is InChI=1S/C15H24N2O2/c1-12-5-3-8-17(12)9-4-10-19-13-6-7-14(16)15(11-13)18-2/h6-7,11-12H,3-5,8-10,16H2,1-2H3/t12-/m1/s1. The summed E-state index contributed by atoms with van der Waals surface area (Å²) in [5, 5.41) is 0. The van der Waals surface area contributed by atoms with Crippen molar-refractivity contribution < 1.29 is 9.47 Å². The summed E-state index contributed by atoms with van der Waals surface area (Å²) in [6.45, 7) is 5.39. The summed E-state index contributed by atoms with van der Waals surface area (Å²) in [6, 6.07) is 6.28. The second-order valence-electron chi connectivity index (χ2n) is 5.13. The molecule has 0 radical (unpaired) electrons. The highest BCUT2D eigenvalue weighted by molar-refractivity contribution is 5.55. The average Bonchev–Trinajstić information content (AvgIpc) is 2.82. The first kappa shape index (κ1) is 14.0. The van der Waals surface area contributed by atoms with Crippen LogP contribution in [0.5, 0.6) is 11.5 Å². The van der Waals surface area contributed by atoms with Gasteiger partial charge in [-0.2, -0.15) is 0 Å². The van der Waals surface area contributed by atoms with Crippen molar-refractivity contribution in [1.29, 1.82) is 0 Å². The zero-order valence-electron chi connectivity index (χ0n) is 11.9. The number of nitrogen functional groups attached to an aromatic ring is 1. The van der Waals surface area contributed by atoms with Crippen LogP contribution in [0.25, 0.3) is 0 Å². The normalized spacial score (nSPS) is 19.6. The van der Waals surface area contributed by atoms with E-state index in [4.69, 9.17) is 15.2 Å². The van der Waals surface area contributed by atoms with Gasteiger partial charge in [-0.15, -0.1) is 0 Å². The highest BCUT2D eigenvalue weighted by atomic mass is 16.5. The number of anilines is 1. The minimum atomic E-state index is 0.640. The average molecular weight is 264 g/mol. The van der Waals surface area contributed by atoms with Gasteiger partial charge in [-0.1, -0.05) is 0 Å². The third kappa shape index (κ3) is 3.77. The van der Waals surface area contributed by atoms with Gasteiger partial charge in [-0.25, -0.2) is 0 Å². The lowest BCUT2D eigenvalue weighted by Gasteiger charge is -2.20. The molecule has 0 amide bonds. The number of benzene rings is 1. The molecule has 1 aliphatic heterocycles. The Balaban J connectivity index is 1.73. The van der Waals surface area contributed by atoms with Gasteiger partial charge in [0.05, 0.1) is 19.4 Å². The van der Waals surface area contributed by atoms with Crippen LogP contribution in [-0.4, -0.2) is 37.7 Å². The van der Waals surface area contributed by atoms with Gasteiger partial charge in [0.2, 0.25) is 0 Å². The van der Waals surface area contributed by atoms with Crippen LogP contribution in [0.2, 0.25) is 0 Å². The highest BCUT2D eigenvalue weighted by Crippen LogP contribution is 2.26. The van der Waals surface area contributed by atoms with E-state index in [1.807, 2.05) is 18.2 Å². The topological polar surface area (TPSA) is 47.7 Å². The number of hydrogen-bond acceptors (Lipinski definition) is 4. The van der Waals surface area contributed by atoms with Crippen LogP contribution < -0.4 is 15.2 Å². The van der Waals surface area contributed by atoms with Gasteiger partial charge in [-0.3, -0.25) is 0 Å². The Morgan fingerprint density at radius 3 is 2.95 bits per heavy atom. The van der Waals surface area contributed by atoms with Crippen LogP contribution in [0.15, 0.2) is 18.2 Å². The molecule has 0 saturated carbocycles. The van der Waals surface area contributed by atoms with Crippen LogP contribution in [0.1, 0.15) is 26.2 Å². The summed E-state index contributed by atoms with van der Waals surface area (Å²) < 4.78 is 10.9. The monoisotopic (exact) mass is 264 g/mol. The maximum Gasteiger partial charge on any atom is 0.145 e. The van der Waals surface area contributed by atoms with Crippen molar-refractivity contribution >= 4 is 5.69 Å². The number of methoxy groups -OCH3 is 1. The molecule has 4 heteroatoms. The number of nitrogens with zero attached hydrogens (tertiary/aromatic N) is 1. The fourth-order valence-corrected chi connectivity index (χ4v) is 2.56. The summed E-state index contributed by atoms with van der Waals surface area (Å²) in [7, 11) is 1.62. The third-order valence-electron chi connectivity index (χ3n) is 3.75. The lowest BCUT2D eigenvalue weighted by Crippen LogP contribution is -2.28. The Labute approximate surface area is 115 Å². The minimum absolute atomic E-state index is 0.640. The Bertz CT molecular complexity index is 409. The minimum Gasteiger partial charge on any atom is -0.494 e. The second-order valence-corrected chi connectivity index (χ2v) is 5.13. The summed E-state index contributed by atoms with van der Waals surface area (Å²) in [5.41, 5.74) is 6.41. The van der Waals surface area contributed by atoms with Gasteiger partial charge < -0.3 is 20.1 Å². The van der Waals surface area contributed by atoms with Crippen LogP contribution in [-0.2, 0) is 0 Å². The molecule has 4 nitrogen and oxygen atoms in total. The Morgan fingerprint density at radius 1 is 1.42 bits per heavy atom. The molecule has 1 aromatic carbocycles. The molecule has 0 aliphatic carbocycles. The van der Waals surface area contributed by atoms with Crippen molar-refractivity contribution in [2.45, 2.75) is 32.2 Å². The highest BCUT2D eigenvalue weighted by Gasteiger charge is 2.19. The van der Waals surface area contributed by atoms with E-state index in [2.05, 4.69) is 11.8 Å². The van der Waals surface area contributed by atoms with Gasteiger partial charge in [0.1, 0.15) is 11.5 Å². The fraction of sp³-hybridized carbons (Fsp3) is 0.600. The van der Waals surface area contributed by atoms with E-state index < -0.39 is 0 Å². The van der Waals surface area contributed by atoms with Crippen molar-refractivity contribution in [3.8, 4) is 11.5 Å². The molecule has 1 saturated heterocycles. The molecular weight excluding hydrogens is 240 g/mol. The number of hydrogen-bond donors (Lipinski definition) is 1. The first-order valence-electron chi connectivity index (χ1n) is 7.01. The van der Waals surface area contributed by atoms with Crippen molar-refractivity contribution in [2.75, 3.05) is 32.5 Å². The first-order valence-corrected chi connectivity index (χ1v) is 7.01. The molecule has 106 valence electrons. The zero-order valence-corrected chi connectivity index (χ0v) is 11.9. The SMILES string of the molecule is COc1cc(OCCCN2CCC[C@H]2C)ccc1N. The van der Waals surface area contributed by atoms with Gasteiger partial charge in [0.15, 0.2) is 0 Å². The smallest absolute Gasteiger partial charge is 0.145 e. The summed E-state index contributed by atoms with van der Waals surface area (Å²) in [4.78, 5) is 2.53. The van der Waals surface area contributed by atoms with Crippen molar-refractivity contribution in [3.63, 3.8) is 0 Å². The molecular formula is C15H24N2O2. The molecule has 2 rings (SSSR count). The van der Waals surface area contributed by atoms with Gasteiger partial charge in [-0.05, 0) is 44.9 Å². The number of rotatable bonds is 6. The number of likely N-dealkylation sites (tertiary alicyclic amines) is 1. The molecule has 1 heterocycles. The molecule has 0 bridgehead atoms. The molecule has 1 aliphatic rings. The second kappa shape index (κ2) is 6.66. The van der Waals surface area contributed by atoms with E-state index in [9.17, 15) is 0 Å². The molecule has 0 aromatic heterocycles. The van der Waals surface area contributed by atoms with Crippen LogP contribution in [0, 0.1) is 0 Å². The van der Waals surface area contributed by atoms with Crippen LogP contribution >= 0.6 is 0 Å². The van der Waals surface area contributed by atoms with E-state index in [0.29, 0.717) is 11.4 Å². The number of ether oxygens (including phenoxy) is 2. The number of nitrogens with two attached hydrogens (primary N) is 1.